The lowest BCUT2D eigenvalue weighted by Gasteiger charge is -2.30. The number of nitrogens with zero attached hydrogens (tertiary/aromatic N) is 7. The van der Waals surface area contributed by atoms with Crippen LogP contribution in [-0.2, 0) is 9.47 Å². The molecule has 0 bridgehead atoms. The minimum atomic E-state index is -0.320. The number of hydrogen-bond donors (Lipinski definition) is 3. The van der Waals surface area contributed by atoms with Gasteiger partial charge in [-0.2, -0.15) is 5.10 Å². The number of aromatic nitrogens is 6. The molecule has 2 aliphatic rings. The van der Waals surface area contributed by atoms with Crippen LogP contribution in [0.1, 0.15) is 10.4 Å². The zero-order valence-corrected chi connectivity index (χ0v) is 22.6. The number of para-hydroxylation sites is 1. The fourth-order valence-corrected chi connectivity index (χ4v) is 5.23. The van der Waals surface area contributed by atoms with Crippen LogP contribution in [0.2, 0.25) is 0 Å². The van der Waals surface area contributed by atoms with Crippen molar-refractivity contribution in [1.82, 2.24) is 39.9 Å². The highest BCUT2D eigenvalue weighted by Crippen LogP contribution is 2.31. The zero-order valence-electron chi connectivity index (χ0n) is 22.6. The average Bonchev–Trinajstić information content (AvgIpc) is 3.68. The third kappa shape index (κ3) is 4.70. The van der Waals surface area contributed by atoms with Crippen LogP contribution in [0.3, 0.4) is 0 Å². The number of hydrazine groups is 1. The maximum atomic E-state index is 13.3. The first-order valence-corrected chi connectivity index (χ1v) is 13.6. The maximum absolute atomic E-state index is 13.3. The summed E-state index contributed by atoms with van der Waals surface area (Å²) in [5.74, 6) is 6.62. The molecule has 4 N–H and O–H groups in total. The highest BCUT2D eigenvalue weighted by atomic mass is 16.5. The van der Waals surface area contributed by atoms with Gasteiger partial charge in [0.1, 0.15) is 11.2 Å². The second-order valence-electron chi connectivity index (χ2n) is 10.1. The molecular weight excluding hydrogens is 540 g/mol. The number of carbonyl (C=O) groups excluding carboxylic acids is 2. The van der Waals surface area contributed by atoms with Crippen LogP contribution < -0.4 is 10.9 Å². The third-order valence-electron chi connectivity index (χ3n) is 7.51. The molecule has 0 unspecified atom stereocenters. The van der Waals surface area contributed by atoms with Gasteiger partial charge in [0.05, 0.1) is 54.8 Å². The van der Waals surface area contributed by atoms with Crippen LogP contribution in [0, 0.1) is 0 Å². The van der Waals surface area contributed by atoms with Crippen molar-refractivity contribution in [2.24, 2.45) is 5.84 Å². The summed E-state index contributed by atoms with van der Waals surface area (Å²) in [5, 5.41) is 9.28. The van der Waals surface area contributed by atoms with E-state index in [1.807, 2.05) is 18.2 Å². The standard InChI is InChI=1S/C28H28N10O4/c29-38(28(40)37-6-10-42-11-7-37)19-12-17(14-30-16-19)18-13-21-24(34-35-25(21)31-15-18)26-32-22-3-1-2-20(23(22)33-26)27(39)36-4-8-41-9-5-36/h1-3,12-16H,4-11,29H2,(H,32,33)(H,31,34,35). The monoisotopic (exact) mass is 568 g/mol. The lowest BCUT2D eigenvalue weighted by Crippen LogP contribution is -2.51. The van der Waals surface area contributed by atoms with Crippen molar-refractivity contribution < 1.29 is 19.1 Å². The molecule has 7 rings (SSSR count). The van der Waals surface area contributed by atoms with Gasteiger partial charge in [0.15, 0.2) is 11.5 Å². The number of urea groups is 1. The highest BCUT2D eigenvalue weighted by molar-refractivity contribution is 6.06. The Labute approximate surface area is 239 Å². The van der Waals surface area contributed by atoms with Gasteiger partial charge < -0.3 is 24.3 Å². The molecule has 2 aliphatic heterocycles. The lowest BCUT2D eigenvalue weighted by molar-refractivity contribution is 0.0304. The van der Waals surface area contributed by atoms with Gasteiger partial charge in [0.25, 0.3) is 5.91 Å². The molecule has 0 aliphatic carbocycles. The lowest BCUT2D eigenvalue weighted by atomic mass is 10.1. The molecule has 1 aromatic carbocycles. The molecule has 0 saturated carbocycles. The summed E-state index contributed by atoms with van der Waals surface area (Å²) in [6.45, 7) is 4.06. The van der Waals surface area contributed by atoms with Crippen molar-refractivity contribution in [3.8, 4) is 22.6 Å². The van der Waals surface area contributed by atoms with Gasteiger partial charge in [-0.05, 0) is 24.3 Å². The molecule has 3 amide bonds. The van der Waals surface area contributed by atoms with E-state index in [4.69, 9.17) is 20.3 Å². The van der Waals surface area contributed by atoms with Crippen molar-refractivity contribution in [1.29, 1.82) is 0 Å². The van der Waals surface area contributed by atoms with Gasteiger partial charge in [-0.1, -0.05) is 6.07 Å². The number of rotatable bonds is 4. The van der Waals surface area contributed by atoms with Gasteiger partial charge >= 0.3 is 6.03 Å². The molecule has 2 saturated heterocycles. The second kappa shape index (κ2) is 10.8. The molecule has 0 radical (unpaired) electrons. The molecule has 0 atom stereocenters. The van der Waals surface area contributed by atoms with Gasteiger partial charge in [0, 0.05) is 49.7 Å². The normalized spacial score (nSPS) is 15.8. The molecule has 4 aromatic heterocycles. The minimum absolute atomic E-state index is 0.0776. The summed E-state index contributed by atoms with van der Waals surface area (Å²) in [6, 6.07) is 8.91. The van der Waals surface area contributed by atoms with Crippen LogP contribution in [0.15, 0.2) is 48.9 Å². The number of benzene rings is 1. The molecule has 2 fully saturated rings. The number of nitrogens with two attached hydrogens (primary N) is 1. The van der Waals surface area contributed by atoms with E-state index in [0.29, 0.717) is 86.5 Å². The quantitative estimate of drug-likeness (QED) is 0.167. The molecular formula is C28H28N10O4. The summed E-state index contributed by atoms with van der Waals surface area (Å²) < 4.78 is 10.7. The summed E-state index contributed by atoms with van der Waals surface area (Å²) in [6.07, 6.45) is 4.93. The Morgan fingerprint density at radius 2 is 1.67 bits per heavy atom. The van der Waals surface area contributed by atoms with Crippen molar-refractivity contribution in [2.75, 3.05) is 57.6 Å². The average molecular weight is 569 g/mol. The second-order valence-corrected chi connectivity index (χ2v) is 10.1. The van der Waals surface area contributed by atoms with Crippen LogP contribution in [-0.4, -0.2) is 104 Å². The van der Waals surface area contributed by atoms with Gasteiger partial charge in [0.2, 0.25) is 0 Å². The number of H-pyrrole nitrogens is 2. The van der Waals surface area contributed by atoms with Crippen LogP contribution in [0.5, 0.6) is 0 Å². The summed E-state index contributed by atoms with van der Waals surface area (Å²) in [5.41, 5.74) is 4.90. The summed E-state index contributed by atoms with van der Waals surface area (Å²) in [7, 11) is 0. The molecule has 214 valence electrons. The van der Waals surface area contributed by atoms with E-state index in [9.17, 15) is 9.59 Å². The Balaban J connectivity index is 1.21. The topological polar surface area (TPSA) is 171 Å². The number of hydrogen-bond acceptors (Lipinski definition) is 9. The predicted molar refractivity (Wildman–Crippen MR) is 153 cm³/mol. The third-order valence-corrected chi connectivity index (χ3v) is 7.51. The van der Waals surface area contributed by atoms with E-state index < -0.39 is 0 Å². The molecule has 0 spiro atoms. The molecule has 42 heavy (non-hydrogen) atoms. The van der Waals surface area contributed by atoms with E-state index in [1.165, 1.54) is 0 Å². The van der Waals surface area contributed by atoms with Crippen LogP contribution >= 0.6 is 0 Å². The van der Waals surface area contributed by atoms with Crippen molar-refractivity contribution in [3.63, 3.8) is 0 Å². The minimum Gasteiger partial charge on any atom is -0.378 e. The van der Waals surface area contributed by atoms with E-state index in [1.54, 1.807) is 40.5 Å². The van der Waals surface area contributed by atoms with E-state index in [2.05, 4.69) is 25.1 Å². The predicted octanol–water partition coefficient (Wildman–Crippen LogP) is 2.17. The number of carbonyl (C=O) groups is 2. The SMILES string of the molecule is NN(C(=O)N1CCOCC1)c1cncc(-c2cnc3[nH]nc(-c4nc5c(C(=O)N6CCOCC6)cccc5[nH]4)c3c2)c1. The van der Waals surface area contributed by atoms with Gasteiger partial charge in [-0.25, -0.2) is 25.6 Å². The first-order valence-electron chi connectivity index (χ1n) is 13.6. The van der Waals surface area contributed by atoms with E-state index in [-0.39, 0.29) is 11.9 Å². The fraction of sp³-hybridized carbons (Fsp3) is 0.286. The Morgan fingerprint density at radius 1 is 0.929 bits per heavy atom. The Hall–Kier alpha value is -4.92. The number of amides is 3. The summed E-state index contributed by atoms with van der Waals surface area (Å²) >= 11 is 0. The van der Waals surface area contributed by atoms with Crippen LogP contribution in [0.4, 0.5) is 10.5 Å². The largest absolute Gasteiger partial charge is 0.378 e. The number of anilines is 1. The fourth-order valence-electron chi connectivity index (χ4n) is 5.23. The van der Waals surface area contributed by atoms with E-state index in [0.717, 1.165) is 27.0 Å². The first kappa shape index (κ1) is 26.0. The molecule has 14 nitrogen and oxygen atoms in total. The Kier molecular flexibility index (Phi) is 6.70. The Bertz CT molecular complexity index is 1790. The number of imidazole rings is 1. The smallest absolute Gasteiger partial charge is 0.339 e. The van der Waals surface area contributed by atoms with E-state index >= 15 is 0 Å². The molecule has 5 aromatic rings. The Morgan fingerprint density at radius 3 is 2.45 bits per heavy atom. The van der Waals surface area contributed by atoms with Crippen LogP contribution in [0.25, 0.3) is 44.7 Å². The van der Waals surface area contributed by atoms with Gasteiger partial charge in [-0.15, -0.1) is 0 Å². The number of aromatic amines is 2. The number of nitrogens with one attached hydrogen (secondary N) is 2. The summed E-state index contributed by atoms with van der Waals surface area (Å²) in [4.78, 5) is 46.6. The molecule has 6 heterocycles. The van der Waals surface area contributed by atoms with Crippen molar-refractivity contribution >= 4 is 39.7 Å². The van der Waals surface area contributed by atoms with Gasteiger partial charge in [-0.3, -0.25) is 14.9 Å². The highest BCUT2D eigenvalue weighted by Gasteiger charge is 2.24. The number of pyridine rings is 2. The van der Waals surface area contributed by atoms with Crippen molar-refractivity contribution in [3.05, 3.63) is 54.5 Å². The number of morpholine rings is 2. The number of fused-ring (bicyclic) bond motifs is 2. The first-order chi connectivity index (χ1) is 20.6. The van der Waals surface area contributed by atoms with Crippen molar-refractivity contribution in [2.45, 2.75) is 0 Å². The molecule has 14 heteroatoms. The maximum Gasteiger partial charge on any atom is 0.339 e. The zero-order chi connectivity index (χ0) is 28.6. The number of ether oxygens (including phenoxy) is 2.